The summed E-state index contributed by atoms with van der Waals surface area (Å²) in [6.07, 6.45) is 1.81. The second-order valence-electron chi connectivity index (χ2n) is 4.86. The molecule has 3 amide bonds. The lowest BCUT2D eigenvalue weighted by Crippen LogP contribution is -2.50. The summed E-state index contributed by atoms with van der Waals surface area (Å²) in [5.74, 6) is -0.109. The van der Waals surface area contributed by atoms with Gasteiger partial charge in [0.15, 0.2) is 5.13 Å². The van der Waals surface area contributed by atoms with Gasteiger partial charge in [0.1, 0.15) is 0 Å². The van der Waals surface area contributed by atoms with Gasteiger partial charge in [-0.15, -0.1) is 11.3 Å². The summed E-state index contributed by atoms with van der Waals surface area (Å²) in [7, 11) is 0. The zero-order valence-corrected chi connectivity index (χ0v) is 11.9. The molecule has 2 aliphatic heterocycles. The van der Waals surface area contributed by atoms with Gasteiger partial charge in [0, 0.05) is 50.8 Å². The van der Waals surface area contributed by atoms with E-state index in [0.717, 1.165) is 31.3 Å². The highest BCUT2D eigenvalue weighted by atomic mass is 32.1. The Morgan fingerprint density at radius 2 is 2.10 bits per heavy atom. The highest BCUT2D eigenvalue weighted by Crippen LogP contribution is 2.18. The summed E-state index contributed by atoms with van der Waals surface area (Å²) in [5.41, 5.74) is 0. The molecule has 2 saturated heterocycles. The number of carbonyl (C=O) groups excluding carboxylic acids is 2. The number of hydrogen-bond acceptors (Lipinski definition) is 6. The van der Waals surface area contributed by atoms with Crippen LogP contribution in [0.25, 0.3) is 0 Å². The fourth-order valence-corrected chi connectivity index (χ4v) is 3.15. The van der Waals surface area contributed by atoms with Crippen LogP contribution in [-0.4, -0.2) is 72.5 Å². The minimum absolute atomic E-state index is 0.109. The number of hydrogen-bond donors (Lipinski definition) is 1. The fourth-order valence-electron chi connectivity index (χ4n) is 2.46. The van der Waals surface area contributed by atoms with Gasteiger partial charge >= 0.3 is 6.03 Å². The van der Waals surface area contributed by atoms with Gasteiger partial charge < -0.3 is 10.2 Å². The highest BCUT2D eigenvalue weighted by molar-refractivity contribution is 7.13. The molecule has 8 heteroatoms. The number of thiazole rings is 1. The van der Waals surface area contributed by atoms with Crippen LogP contribution in [0.15, 0.2) is 11.6 Å². The topological polar surface area (TPSA) is 68.8 Å². The summed E-state index contributed by atoms with van der Waals surface area (Å²) < 4.78 is 0. The van der Waals surface area contributed by atoms with Crippen LogP contribution in [0.1, 0.15) is 0 Å². The molecular formula is C12H17N5O2S. The number of piperazine rings is 1. The van der Waals surface area contributed by atoms with E-state index in [4.69, 9.17) is 0 Å². The van der Waals surface area contributed by atoms with Crippen molar-refractivity contribution in [3.05, 3.63) is 11.6 Å². The molecule has 0 saturated carbocycles. The minimum Gasteiger partial charge on any atom is -0.346 e. The van der Waals surface area contributed by atoms with Crippen molar-refractivity contribution in [1.29, 1.82) is 0 Å². The van der Waals surface area contributed by atoms with Gasteiger partial charge in [-0.2, -0.15) is 0 Å². The molecule has 0 spiro atoms. The number of nitrogens with one attached hydrogen (secondary N) is 1. The van der Waals surface area contributed by atoms with Crippen LogP contribution in [0.2, 0.25) is 0 Å². The maximum absolute atomic E-state index is 12.0. The number of carbonyl (C=O) groups is 2. The number of nitrogens with zero attached hydrogens (tertiary/aromatic N) is 4. The number of urea groups is 1. The quantitative estimate of drug-likeness (QED) is 0.837. The van der Waals surface area contributed by atoms with Crippen LogP contribution in [0.4, 0.5) is 9.93 Å². The molecule has 0 atom stereocenters. The molecule has 1 N–H and O–H groups in total. The maximum atomic E-state index is 12.0. The smallest absolute Gasteiger partial charge is 0.324 e. The lowest BCUT2D eigenvalue weighted by molar-refractivity contribution is -0.128. The number of imide groups is 1. The second kappa shape index (κ2) is 5.76. The molecular weight excluding hydrogens is 278 g/mol. The number of amides is 3. The summed E-state index contributed by atoms with van der Waals surface area (Å²) >= 11 is 1.63. The van der Waals surface area contributed by atoms with Crippen molar-refractivity contribution in [1.82, 2.24) is 20.1 Å². The molecule has 20 heavy (non-hydrogen) atoms. The lowest BCUT2D eigenvalue weighted by atomic mass is 10.3. The van der Waals surface area contributed by atoms with Crippen molar-refractivity contribution in [3.8, 4) is 0 Å². The predicted molar refractivity (Wildman–Crippen MR) is 75.9 cm³/mol. The Labute approximate surface area is 121 Å². The van der Waals surface area contributed by atoms with E-state index >= 15 is 0 Å². The molecule has 0 unspecified atom stereocenters. The first-order valence-electron chi connectivity index (χ1n) is 6.69. The van der Waals surface area contributed by atoms with Crippen molar-refractivity contribution in [3.63, 3.8) is 0 Å². The van der Waals surface area contributed by atoms with Crippen LogP contribution >= 0.6 is 11.3 Å². The standard InChI is InChI=1S/C12H17N5O2S/c18-10(17-3-1-13-11(17)19)9-15-4-6-16(7-5-15)12-14-2-8-20-12/h2,8H,1,3-7,9H2,(H,13,19). The second-order valence-corrected chi connectivity index (χ2v) is 5.73. The highest BCUT2D eigenvalue weighted by Gasteiger charge is 2.28. The van der Waals surface area contributed by atoms with Gasteiger partial charge in [0.2, 0.25) is 5.91 Å². The van der Waals surface area contributed by atoms with Crippen LogP contribution < -0.4 is 10.2 Å². The van der Waals surface area contributed by atoms with Crippen LogP contribution in [0.5, 0.6) is 0 Å². The zero-order chi connectivity index (χ0) is 13.9. The molecule has 0 aliphatic carbocycles. The van der Waals surface area contributed by atoms with Gasteiger partial charge in [-0.05, 0) is 0 Å². The average Bonchev–Trinajstić information content (AvgIpc) is 3.10. The third-order valence-electron chi connectivity index (χ3n) is 3.58. The third-order valence-corrected chi connectivity index (χ3v) is 4.41. The van der Waals surface area contributed by atoms with Crippen molar-refractivity contribution < 1.29 is 9.59 Å². The van der Waals surface area contributed by atoms with Crippen LogP contribution in [0.3, 0.4) is 0 Å². The van der Waals surface area contributed by atoms with E-state index in [1.165, 1.54) is 4.90 Å². The Morgan fingerprint density at radius 1 is 1.30 bits per heavy atom. The normalized spacial score (nSPS) is 20.3. The first kappa shape index (κ1) is 13.3. The van der Waals surface area contributed by atoms with Crippen molar-refractivity contribution in [2.75, 3.05) is 50.7 Å². The van der Waals surface area contributed by atoms with Crippen molar-refractivity contribution in [2.24, 2.45) is 0 Å². The molecule has 0 aromatic carbocycles. The molecule has 2 aliphatic rings. The van der Waals surface area contributed by atoms with E-state index in [-0.39, 0.29) is 11.9 Å². The van der Waals surface area contributed by atoms with E-state index in [0.29, 0.717) is 19.6 Å². The summed E-state index contributed by atoms with van der Waals surface area (Å²) in [4.78, 5) is 33.4. The van der Waals surface area contributed by atoms with Crippen molar-refractivity contribution >= 4 is 28.4 Å². The molecule has 3 heterocycles. The molecule has 0 bridgehead atoms. The largest absolute Gasteiger partial charge is 0.346 e. The van der Waals surface area contributed by atoms with Gasteiger partial charge in [-0.25, -0.2) is 9.78 Å². The molecule has 1 aromatic heterocycles. The first-order valence-corrected chi connectivity index (χ1v) is 7.57. The Kier molecular flexibility index (Phi) is 3.83. The third kappa shape index (κ3) is 2.75. The summed E-state index contributed by atoms with van der Waals surface area (Å²) in [6.45, 7) is 4.74. The summed E-state index contributed by atoms with van der Waals surface area (Å²) in [6, 6.07) is -0.267. The molecule has 2 fully saturated rings. The molecule has 7 nitrogen and oxygen atoms in total. The van der Waals surface area contributed by atoms with Gasteiger partial charge in [0.25, 0.3) is 0 Å². The lowest BCUT2D eigenvalue weighted by Gasteiger charge is -2.34. The molecule has 3 rings (SSSR count). The maximum Gasteiger partial charge on any atom is 0.324 e. The van der Waals surface area contributed by atoms with Gasteiger partial charge in [-0.1, -0.05) is 0 Å². The average molecular weight is 295 g/mol. The van der Waals surface area contributed by atoms with Crippen molar-refractivity contribution in [2.45, 2.75) is 0 Å². The number of anilines is 1. The Bertz CT molecular complexity index is 484. The Balaban J connectivity index is 1.49. The Morgan fingerprint density at radius 3 is 2.70 bits per heavy atom. The van der Waals surface area contributed by atoms with E-state index < -0.39 is 0 Å². The molecule has 108 valence electrons. The van der Waals surface area contributed by atoms with Crippen LogP contribution in [-0.2, 0) is 4.79 Å². The van der Waals surface area contributed by atoms with Gasteiger partial charge in [0.05, 0.1) is 6.54 Å². The van der Waals surface area contributed by atoms with E-state index in [1.54, 1.807) is 11.3 Å². The monoisotopic (exact) mass is 295 g/mol. The van der Waals surface area contributed by atoms with E-state index in [9.17, 15) is 9.59 Å². The minimum atomic E-state index is -0.267. The SMILES string of the molecule is O=C(CN1CCN(c2nccs2)CC1)N1CCNC1=O. The van der Waals surface area contributed by atoms with E-state index in [2.05, 4.69) is 20.1 Å². The predicted octanol–water partition coefficient (Wildman–Crippen LogP) is -0.183. The first-order chi connectivity index (χ1) is 9.74. The number of rotatable bonds is 3. The zero-order valence-electron chi connectivity index (χ0n) is 11.1. The molecule has 1 aromatic rings. The Hall–Kier alpha value is -1.67. The molecule has 0 radical (unpaired) electrons. The number of aromatic nitrogens is 1. The van der Waals surface area contributed by atoms with E-state index in [1.807, 2.05) is 11.6 Å². The van der Waals surface area contributed by atoms with Gasteiger partial charge in [-0.3, -0.25) is 14.6 Å². The fraction of sp³-hybridized carbons (Fsp3) is 0.583. The summed E-state index contributed by atoms with van der Waals surface area (Å²) in [5, 5.41) is 5.65. The van der Waals surface area contributed by atoms with Crippen LogP contribution in [0, 0.1) is 0 Å².